The molecule has 3 amide bonds. The van der Waals surface area contributed by atoms with Gasteiger partial charge in [-0.1, -0.05) is 24.0 Å². The predicted octanol–water partition coefficient (Wildman–Crippen LogP) is 1.84. The molecule has 2 aliphatic rings. The summed E-state index contributed by atoms with van der Waals surface area (Å²) in [5.74, 6) is 5.22. The molecule has 0 spiro atoms. The van der Waals surface area contributed by atoms with Crippen LogP contribution in [-0.2, 0) is 14.3 Å². The zero-order valence-electron chi connectivity index (χ0n) is 19.2. The smallest absolute Gasteiger partial charge is 0.407 e. The zero-order chi connectivity index (χ0) is 24.2. The van der Waals surface area contributed by atoms with Crippen LogP contribution in [0.3, 0.4) is 0 Å². The number of rotatable bonds is 5. The minimum absolute atomic E-state index is 0.150. The van der Waals surface area contributed by atoms with Gasteiger partial charge in [0.25, 0.3) is 0 Å². The molecule has 0 bridgehead atoms. The lowest BCUT2D eigenvalue weighted by atomic mass is 10.0. The first kappa shape index (κ1) is 24.7. The Labute approximate surface area is 193 Å². The number of carbonyl (C=O) groups is 3. The van der Waals surface area contributed by atoms with Crippen LogP contribution in [0, 0.1) is 11.8 Å². The fourth-order valence-corrected chi connectivity index (χ4v) is 3.94. The molecule has 3 unspecified atom stereocenters. The summed E-state index contributed by atoms with van der Waals surface area (Å²) >= 11 is 0. The highest BCUT2D eigenvalue weighted by Gasteiger charge is 2.45. The molecule has 2 heterocycles. The lowest BCUT2D eigenvalue weighted by molar-refractivity contribution is -0.154. The van der Waals surface area contributed by atoms with Gasteiger partial charge in [0.15, 0.2) is 0 Å². The molecule has 3 rings (SSSR count). The van der Waals surface area contributed by atoms with Gasteiger partial charge in [-0.25, -0.2) is 9.69 Å². The molecule has 4 N–H and O–H groups in total. The summed E-state index contributed by atoms with van der Waals surface area (Å²) in [6.45, 7) is 5.94. The zero-order valence-corrected chi connectivity index (χ0v) is 19.2. The van der Waals surface area contributed by atoms with Crippen LogP contribution in [0.4, 0.5) is 4.79 Å². The van der Waals surface area contributed by atoms with Gasteiger partial charge in [0, 0.05) is 35.1 Å². The Hall–Kier alpha value is -2.93. The number of amides is 3. The fraction of sp³-hybridized carbons (Fsp3) is 0.542. The second kappa shape index (κ2) is 10.3. The highest BCUT2D eigenvalue weighted by molar-refractivity contribution is 6.00. The number of nitrogens with one attached hydrogen (secondary N) is 2. The van der Waals surface area contributed by atoms with E-state index in [4.69, 9.17) is 4.74 Å². The molecule has 178 valence electrons. The highest BCUT2D eigenvalue weighted by atomic mass is 16.5. The number of unbranched alkanes of at least 4 members (excludes halogenated alkanes) is 2. The van der Waals surface area contributed by atoms with Gasteiger partial charge in [-0.05, 0) is 46.1 Å². The third-order valence-electron chi connectivity index (χ3n) is 5.44. The summed E-state index contributed by atoms with van der Waals surface area (Å²) in [6, 6.07) is 4.39. The number of imide groups is 1. The number of ether oxygens (including phenoxy) is 1. The Morgan fingerprint density at radius 2 is 2.00 bits per heavy atom. The number of hydrogen-bond donors (Lipinski definition) is 4. The lowest BCUT2D eigenvalue weighted by Gasteiger charge is -2.34. The van der Waals surface area contributed by atoms with Crippen LogP contribution in [-0.4, -0.2) is 51.2 Å². The molecule has 1 fully saturated rings. The van der Waals surface area contributed by atoms with E-state index >= 15 is 0 Å². The van der Waals surface area contributed by atoms with Gasteiger partial charge in [-0.2, -0.15) is 0 Å². The van der Waals surface area contributed by atoms with Crippen LogP contribution < -0.4 is 10.6 Å². The molecule has 9 heteroatoms. The average molecular weight is 458 g/mol. The first-order valence-electron chi connectivity index (χ1n) is 11.1. The SMILES string of the molecule is CC(C)(C)NC(=O)OCCCCC#Cc1cccc2c1C(O)N(C1CCC(=O)NC1=O)C2O. The summed E-state index contributed by atoms with van der Waals surface area (Å²) in [5, 5.41) is 26.7. The van der Waals surface area contributed by atoms with Gasteiger partial charge >= 0.3 is 6.09 Å². The molecule has 9 nitrogen and oxygen atoms in total. The van der Waals surface area contributed by atoms with E-state index < -0.39 is 30.5 Å². The van der Waals surface area contributed by atoms with Gasteiger partial charge in [0.1, 0.15) is 12.5 Å². The Morgan fingerprint density at radius 3 is 2.70 bits per heavy atom. The van der Waals surface area contributed by atoms with Crippen LogP contribution in [0.2, 0.25) is 0 Å². The van der Waals surface area contributed by atoms with Gasteiger partial charge in [0.05, 0.1) is 12.6 Å². The van der Waals surface area contributed by atoms with Crippen LogP contribution in [0.25, 0.3) is 0 Å². The minimum atomic E-state index is -1.21. The van der Waals surface area contributed by atoms with E-state index in [1.807, 2.05) is 20.8 Å². The minimum Gasteiger partial charge on any atom is -0.450 e. The summed E-state index contributed by atoms with van der Waals surface area (Å²) in [5.41, 5.74) is 1.21. The van der Waals surface area contributed by atoms with Crippen LogP contribution in [0.5, 0.6) is 0 Å². The predicted molar refractivity (Wildman–Crippen MR) is 119 cm³/mol. The van der Waals surface area contributed by atoms with E-state index in [9.17, 15) is 24.6 Å². The average Bonchev–Trinajstić information content (AvgIpc) is 2.97. The molecule has 0 radical (unpaired) electrons. The van der Waals surface area contributed by atoms with Crippen LogP contribution in [0.1, 0.15) is 82.0 Å². The maximum absolute atomic E-state index is 12.3. The monoisotopic (exact) mass is 457 g/mol. The lowest BCUT2D eigenvalue weighted by Crippen LogP contribution is -2.52. The standard InChI is InChI=1S/C24H31N3O6/c1-24(2,3)26-23(32)33-14-7-5-4-6-9-15-10-8-11-16-19(15)22(31)27(21(16)30)17-12-13-18(28)25-20(17)29/h8,10-11,17,21-22,30-31H,4-5,7,12-14H2,1-3H3,(H,26,32)(H,25,28,29). The van der Waals surface area contributed by atoms with Crippen molar-refractivity contribution in [2.45, 2.75) is 76.9 Å². The van der Waals surface area contributed by atoms with Crippen LogP contribution >= 0.6 is 0 Å². The van der Waals surface area contributed by atoms with E-state index in [2.05, 4.69) is 22.5 Å². The van der Waals surface area contributed by atoms with Crippen molar-refractivity contribution in [3.8, 4) is 11.8 Å². The summed E-state index contributed by atoms with van der Waals surface area (Å²) in [7, 11) is 0. The van der Waals surface area contributed by atoms with E-state index in [-0.39, 0.29) is 24.3 Å². The number of aliphatic hydroxyl groups is 2. The topological polar surface area (TPSA) is 128 Å². The maximum Gasteiger partial charge on any atom is 0.407 e. The number of nitrogens with zero attached hydrogens (tertiary/aromatic N) is 1. The van der Waals surface area contributed by atoms with Crippen molar-refractivity contribution >= 4 is 17.9 Å². The number of hydrogen-bond acceptors (Lipinski definition) is 7. The quantitative estimate of drug-likeness (QED) is 0.302. The van der Waals surface area contributed by atoms with E-state index in [1.165, 1.54) is 4.90 Å². The van der Waals surface area contributed by atoms with Crippen molar-refractivity contribution in [1.29, 1.82) is 0 Å². The van der Waals surface area contributed by atoms with Crippen molar-refractivity contribution in [3.05, 3.63) is 34.9 Å². The number of aliphatic hydroxyl groups excluding tert-OH is 2. The molecule has 1 aromatic carbocycles. The molecule has 2 aliphatic heterocycles. The molecule has 1 saturated heterocycles. The van der Waals surface area contributed by atoms with Gasteiger partial charge in [-0.15, -0.1) is 0 Å². The van der Waals surface area contributed by atoms with Gasteiger partial charge < -0.3 is 20.3 Å². The molecule has 0 aliphatic carbocycles. The Kier molecular flexibility index (Phi) is 7.74. The summed E-state index contributed by atoms with van der Waals surface area (Å²) < 4.78 is 5.14. The summed E-state index contributed by atoms with van der Waals surface area (Å²) in [4.78, 5) is 36.7. The second-order valence-electron chi connectivity index (χ2n) is 9.24. The van der Waals surface area contributed by atoms with Crippen molar-refractivity contribution < 1.29 is 29.3 Å². The Morgan fingerprint density at radius 1 is 1.24 bits per heavy atom. The van der Waals surface area contributed by atoms with E-state index in [1.54, 1.807) is 18.2 Å². The molecule has 3 atom stereocenters. The first-order valence-corrected chi connectivity index (χ1v) is 11.1. The molecule has 0 saturated carbocycles. The fourth-order valence-electron chi connectivity index (χ4n) is 3.94. The van der Waals surface area contributed by atoms with Crippen LogP contribution in [0.15, 0.2) is 18.2 Å². The van der Waals surface area contributed by atoms with E-state index in [0.29, 0.717) is 36.1 Å². The maximum atomic E-state index is 12.3. The number of fused-ring (bicyclic) bond motifs is 1. The van der Waals surface area contributed by atoms with Crippen molar-refractivity contribution in [1.82, 2.24) is 15.5 Å². The first-order chi connectivity index (χ1) is 15.6. The van der Waals surface area contributed by atoms with Crippen molar-refractivity contribution in [2.24, 2.45) is 0 Å². The third kappa shape index (κ3) is 6.11. The molecule has 1 aromatic rings. The van der Waals surface area contributed by atoms with Gasteiger partial charge in [0.2, 0.25) is 11.8 Å². The Bertz CT molecular complexity index is 975. The number of carbonyl (C=O) groups excluding carboxylic acids is 3. The number of benzene rings is 1. The second-order valence-corrected chi connectivity index (χ2v) is 9.24. The Balaban J connectivity index is 1.57. The van der Waals surface area contributed by atoms with Crippen molar-refractivity contribution in [3.63, 3.8) is 0 Å². The number of alkyl carbamates (subject to hydrolysis) is 1. The van der Waals surface area contributed by atoms with Crippen molar-refractivity contribution in [2.75, 3.05) is 6.61 Å². The largest absolute Gasteiger partial charge is 0.450 e. The summed E-state index contributed by atoms with van der Waals surface area (Å²) in [6.07, 6.45) is -0.468. The normalized spacial score (nSPS) is 22.8. The third-order valence-corrected chi connectivity index (χ3v) is 5.44. The molecular weight excluding hydrogens is 426 g/mol. The highest BCUT2D eigenvalue weighted by Crippen LogP contribution is 2.43. The molecule has 33 heavy (non-hydrogen) atoms. The van der Waals surface area contributed by atoms with Gasteiger partial charge in [-0.3, -0.25) is 14.9 Å². The molecular formula is C24H31N3O6. The van der Waals surface area contributed by atoms with E-state index in [0.717, 1.165) is 6.42 Å². The molecule has 0 aromatic heterocycles. The number of piperidine rings is 1.